The van der Waals surface area contributed by atoms with E-state index in [1.807, 2.05) is 0 Å². The number of carbonyl (C=O) groups is 2. The van der Waals surface area contributed by atoms with Crippen LogP contribution in [0.4, 0.5) is 11.4 Å². The normalized spacial score (nSPS) is 16.0. The van der Waals surface area contributed by atoms with Crippen molar-refractivity contribution in [1.82, 2.24) is 0 Å². The fourth-order valence-corrected chi connectivity index (χ4v) is 4.91. The SMILES string of the molecule is NCC1CCCc2cc(N(c3ccccc3)S(=O)(=O)OC(=O)C(=O)OS(N)(=O)=O)ccc21. The molecule has 0 amide bonds. The third kappa shape index (κ3) is 5.43. The summed E-state index contributed by atoms with van der Waals surface area (Å²) in [6.45, 7) is 0.455. The maximum absolute atomic E-state index is 13.0. The molecule has 1 unspecified atom stereocenters. The zero-order valence-corrected chi connectivity index (χ0v) is 18.3. The Labute approximate surface area is 185 Å². The largest absolute Gasteiger partial charge is 0.435 e. The Bertz CT molecular complexity index is 1230. The van der Waals surface area contributed by atoms with E-state index in [1.54, 1.807) is 30.3 Å². The lowest BCUT2D eigenvalue weighted by Crippen LogP contribution is -2.35. The average Bonchev–Trinajstić information content (AvgIpc) is 2.72. The summed E-state index contributed by atoms with van der Waals surface area (Å²) in [7, 11) is -9.79. The van der Waals surface area contributed by atoms with E-state index in [2.05, 4.69) is 13.5 Å². The molecule has 0 radical (unpaired) electrons. The molecule has 13 heteroatoms. The lowest BCUT2D eigenvalue weighted by atomic mass is 9.82. The summed E-state index contributed by atoms with van der Waals surface area (Å²) in [5, 5.41) is 4.52. The summed E-state index contributed by atoms with van der Waals surface area (Å²) in [6, 6.07) is 12.7. The quantitative estimate of drug-likeness (QED) is 0.561. The number of hydrogen-bond acceptors (Lipinski definition) is 9. The minimum absolute atomic E-state index is 0.117. The van der Waals surface area contributed by atoms with Gasteiger partial charge in [-0.3, -0.25) is 0 Å². The number of anilines is 2. The van der Waals surface area contributed by atoms with E-state index in [0.717, 1.165) is 28.3 Å². The van der Waals surface area contributed by atoms with Crippen molar-refractivity contribution < 1.29 is 34.8 Å². The van der Waals surface area contributed by atoms with Gasteiger partial charge in [0.1, 0.15) is 0 Å². The number of benzene rings is 2. The Balaban J connectivity index is 2.01. The Hall–Kier alpha value is -3.00. The Morgan fingerprint density at radius 2 is 1.62 bits per heavy atom. The van der Waals surface area contributed by atoms with Crippen LogP contribution < -0.4 is 15.2 Å². The molecule has 0 bridgehead atoms. The number of fused-ring (bicyclic) bond motifs is 1. The van der Waals surface area contributed by atoms with Gasteiger partial charge in [-0.2, -0.15) is 22.0 Å². The molecule has 0 fully saturated rings. The van der Waals surface area contributed by atoms with E-state index < -0.39 is 32.5 Å². The van der Waals surface area contributed by atoms with Crippen molar-refractivity contribution in [2.45, 2.75) is 25.2 Å². The molecule has 2 aromatic carbocycles. The fourth-order valence-electron chi connectivity index (χ4n) is 3.55. The summed E-state index contributed by atoms with van der Waals surface area (Å²) in [5.74, 6) is -4.01. The average molecular weight is 484 g/mol. The third-order valence-corrected chi connectivity index (χ3v) is 6.45. The molecule has 4 N–H and O–H groups in total. The van der Waals surface area contributed by atoms with Gasteiger partial charge >= 0.3 is 32.5 Å². The first-order valence-electron chi connectivity index (χ1n) is 9.45. The summed E-state index contributed by atoms with van der Waals surface area (Å²) in [5.41, 5.74) is 8.03. The Morgan fingerprint density at radius 3 is 2.25 bits per heavy atom. The van der Waals surface area contributed by atoms with E-state index in [1.165, 1.54) is 18.2 Å². The highest BCUT2D eigenvalue weighted by Crippen LogP contribution is 2.36. The van der Waals surface area contributed by atoms with Crippen molar-refractivity contribution in [1.29, 1.82) is 0 Å². The van der Waals surface area contributed by atoms with Crippen molar-refractivity contribution in [3.05, 3.63) is 59.7 Å². The van der Waals surface area contributed by atoms with Gasteiger partial charge in [0.15, 0.2) is 0 Å². The van der Waals surface area contributed by atoms with Crippen molar-refractivity contribution >= 4 is 43.9 Å². The first kappa shape index (κ1) is 23.7. The number of aryl methyl sites for hydroxylation is 1. The number of rotatable bonds is 6. The Kier molecular flexibility index (Phi) is 6.83. The van der Waals surface area contributed by atoms with Gasteiger partial charge in [0.2, 0.25) is 0 Å². The molecule has 0 aliphatic heterocycles. The third-order valence-electron chi connectivity index (χ3n) is 4.84. The number of para-hydroxylation sites is 1. The number of carbonyl (C=O) groups excluding carboxylic acids is 2. The minimum atomic E-state index is -4.95. The van der Waals surface area contributed by atoms with E-state index in [-0.39, 0.29) is 17.3 Å². The molecule has 2 aromatic rings. The summed E-state index contributed by atoms with van der Waals surface area (Å²) in [4.78, 5) is 23.4. The molecule has 1 atom stereocenters. The fraction of sp³-hybridized carbons (Fsp3) is 0.263. The van der Waals surface area contributed by atoms with Crippen molar-refractivity contribution in [3.63, 3.8) is 0 Å². The van der Waals surface area contributed by atoms with Crippen LogP contribution in [0.1, 0.15) is 29.9 Å². The number of nitrogens with zero attached hydrogens (tertiary/aromatic N) is 1. The molecule has 32 heavy (non-hydrogen) atoms. The number of nitrogens with two attached hydrogens (primary N) is 2. The molecule has 0 saturated carbocycles. The standard InChI is InChI=1S/C19H21N3O8S2/c20-12-14-6-4-5-13-11-16(9-10-17(13)14)22(15-7-2-1-3-8-15)32(27,28)30-19(24)18(23)29-31(21,25)26/h1-3,7-11,14H,4-6,12,20H2,(H2,21,25,26). The van der Waals surface area contributed by atoms with Gasteiger partial charge in [-0.05, 0) is 67.1 Å². The zero-order chi connectivity index (χ0) is 23.5. The van der Waals surface area contributed by atoms with Gasteiger partial charge in [-0.15, -0.1) is 0 Å². The van der Waals surface area contributed by atoms with Gasteiger partial charge < -0.3 is 14.1 Å². The molecular formula is C19H21N3O8S2. The lowest BCUT2D eigenvalue weighted by Gasteiger charge is -2.28. The van der Waals surface area contributed by atoms with Crippen molar-refractivity contribution in [2.75, 3.05) is 10.8 Å². The van der Waals surface area contributed by atoms with Crippen molar-refractivity contribution in [2.24, 2.45) is 10.9 Å². The van der Waals surface area contributed by atoms with Gasteiger partial charge in [-0.1, -0.05) is 24.3 Å². The van der Waals surface area contributed by atoms with Gasteiger partial charge in [0, 0.05) is 0 Å². The van der Waals surface area contributed by atoms with Gasteiger partial charge in [0.05, 0.1) is 11.4 Å². The van der Waals surface area contributed by atoms with E-state index in [0.29, 0.717) is 13.0 Å². The van der Waals surface area contributed by atoms with Crippen LogP contribution in [0.2, 0.25) is 0 Å². The predicted octanol–water partition coefficient (Wildman–Crippen LogP) is 0.738. The summed E-state index contributed by atoms with van der Waals surface area (Å²) < 4.78 is 56.4. The topological polar surface area (TPSA) is 176 Å². The van der Waals surface area contributed by atoms with Crippen LogP contribution in [-0.4, -0.2) is 35.3 Å². The highest BCUT2D eigenvalue weighted by molar-refractivity contribution is 7.89. The molecule has 0 aromatic heterocycles. The second-order valence-electron chi connectivity index (χ2n) is 7.00. The smallest absolute Gasteiger partial charge is 0.330 e. The summed E-state index contributed by atoms with van der Waals surface area (Å²) in [6.07, 6.45) is 2.51. The highest BCUT2D eigenvalue weighted by atomic mass is 32.2. The van der Waals surface area contributed by atoms with Crippen molar-refractivity contribution in [3.8, 4) is 0 Å². The molecule has 1 aliphatic carbocycles. The van der Waals surface area contributed by atoms with Crippen LogP contribution in [0.15, 0.2) is 48.5 Å². The molecule has 0 saturated heterocycles. The maximum atomic E-state index is 13.0. The number of hydrogen-bond donors (Lipinski definition) is 2. The molecule has 1 aliphatic rings. The van der Waals surface area contributed by atoms with E-state index in [9.17, 15) is 26.4 Å². The van der Waals surface area contributed by atoms with E-state index in [4.69, 9.17) is 5.73 Å². The maximum Gasteiger partial charge on any atom is 0.435 e. The monoisotopic (exact) mass is 483 g/mol. The predicted molar refractivity (Wildman–Crippen MR) is 114 cm³/mol. The van der Waals surface area contributed by atoms with Crippen LogP contribution in [0.25, 0.3) is 0 Å². The molecule has 172 valence electrons. The van der Waals surface area contributed by atoms with E-state index >= 15 is 0 Å². The molecule has 0 spiro atoms. The van der Waals surface area contributed by atoms with Gasteiger partial charge in [0.25, 0.3) is 0 Å². The molecule has 0 heterocycles. The van der Waals surface area contributed by atoms with Gasteiger partial charge in [-0.25, -0.2) is 13.9 Å². The molecule has 11 nitrogen and oxygen atoms in total. The molecule has 3 rings (SSSR count). The second kappa shape index (κ2) is 9.24. The first-order chi connectivity index (χ1) is 15.0. The van der Waals surface area contributed by atoms with Crippen LogP contribution in [0.5, 0.6) is 0 Å². The van der Waals surface area contributed by atoms with Crippen LogP contribution >= 0.6 is 0 Å². The molecular weight excluding hydrogens is 462 g/mol. The zero-order valence-electron chi connectivity index (χ0n) is 16.7. The van der Waals surface area contributed by atoms with Crippen LogP contribution in [-0.2, 0) is 45.0 Å². The minimum Gasteiger partial charge on any atom is -0.330 e. The summed E-state index contributed by atoms with van der Waals surface area (Å²) >= 11 is 0. The van der Waals surface area contributed by atoms with Crippen LogP contribution in [0.3, 0.4) is 0 Å². The lowest BCUT2D eigenvalue weighted by molar-refractivity contribution is -0.155. The first-order valence-corrected chi connectivity index (χ1v) is 12.3. The Morgan fingerprint density at radius 1 is 0.969 bits per heavy atom. The van der Waals surface area contributed by atoms with Crippen LogP contribution in [0, 0.1) is 0 Å². The highest BCUT2D eigenvalue weighted by Gasteiger charge is 2.34. The second-order valence-corrected chi connectivity index (χ2v) is 9.54.